The monoisotopic (exact) mass is 346 g/mol. The van der Waals surface area contributed by atoms with Gasteiger partial charge in [-0.1, -0.05) is 18.2 Å². The Morgan fingerprint density at radius 1 is 1.29 bits per heavy atom. The summed E-state index contributed by atoms with van der Waals surface area (Å²) >= 11 is 5.30. The first kappa shape index (κ1) is 17.9. The molecule has 0 radical (unpaired) electrons. The van der Waals surface area contributed by atoms with Crippen LogP contribution in [0.25, 0.3) is 5.69 Å². The number of imidazole rings is 1. The van der Waals surface area contributed by atoms with Crippen LogP contribution in [0.5, 0.6) is 0 Å². The highest BCUT2D eigenvalue weighted by Gasteiger charge is 2.22. The fourth-order valence-corrected chi connectivity index (χ4v) is 2.65. The lowest BCUT2D eigenvalue weighted by Crippen LogP contribution is -2.43. The van der Waals surface area contributed by atoms with Crippen LogP contribution in [0.2, 0.25) is 0 Å². The maximum absolute atomic E-state index is 12.9. The van der Waals surface area contributed by atoms with E-state index in [4.69, 9.17) is 12.2 Å². The van der Waals surface area contributed by atoms with Crippen LogP contribution in [0.1, 0.15) is 31.3 Å². The van der Waals surface area contributed by atoms with E-state index in [9.17, 15) is 9.59 Å². The maximum Gasteiger partial charge on any atom is 0.272 e. The van der Waals surface area contributed by atoms with E-state index in [1.165, 1.54) is 4.90 Å². The van der Waals surface area contributed by atoms with Gasteiger partial charge in [-0.15, -0.1) is 0 Å². The lowest BCUT2D eigenvalue weighted by Gasteiger charge is -2.21. The van der Waals surface area contributed by atoms with Gasteiger partial charge in [0.25, 0.3) is 5.91 Å². The summed E-state index contributed by atoms with van der Waals surface area (Å²) in [7, 11) is 0. The third-order valence-corrected chi connectivity index (χ3v) is 3.76. The molecule has 0 saturated carbocycles. The molecule has 7 heteroatoms. The number of carbonyl (C=O) groups excluding carboxylic acids is 2. The zero-order valence-electron chi connectivity index (χ0n) is 14.1. The summed E-state index contributed by atoms with van der Waals surface area (Å²) < 4.78 is 2.12. The zero-order valence-corrected chi connectivity index (χ0v) is 14.9. The first-order valence-corrected chi connectivity index (χ1v) is 8.29. The predicted octanol–water partition coefficient (Wildman–Crippen LogP) is 2.52. The second-order valence-electron chi connectivity index (χ2n) is 5.69. The molecule has 0 aliphatic heterocycles. The molecule has 128 valence electrons. The van der Waals surface area contributed by atoms with Gasteiger partial charge in [0, 0.05) is 24.5 Å². The maximum atomic E-state index is 12.9. The Morgan fingerprint density at radius 2 is 1.96 bits per heavy atom. The van der Waals surface area contributed by atoms with Gasteiger partial charge in [0.05, 0.1) is 6.54 Å². The number of para-hydroxylation sites is 1. The van der Waals surface area contributed by atoms with E-state index in [-0.39, 0.29) is 24.4 Å². The largest absolute Gasteiger partial charge is 0.352 e. The third kappa shape index (κ3) is 4.11. The number of likely N-dealkylation sites (N-methyl/N-ethyl adjacent to an activating group) is 1. The molecule has 2 N–H and O–H groups in total. The van der Waals surface area contributed by atoms with Crippen molar-refractivity contribution in [2.24, 2.45) is 0 Å². The molecule has 0 fully saturated rings. The van der Waals surface area contributed by atoms with Crippen molar-refractivity contribution in [3.8, 4) is 5.69 Å². The minimum Gasteiger partial charge on any atom is -0.352 e. The van der Waals surface area contributed by atoms with Crippen molar-refractivity contribution < 1.29 is 9.59 Å². The summed E-state index contributed by atoms with van der Waals surface area (Å²) in [6.45, 7) is 6.05. The number of nitrogens with one attached hydrogen (secondary N) is 2. The fourth-order valence-electron chi connectivity index (χ4n) is 2.39. The van der Waals surface area contributed by atoms with Gasteiger partial charge < -0.3 is 15.2 Å². The fraction of sp³-hybridized carbons (Fsp3) is 0.353. The van der Waals surface area contributed by atoms with E-state index >= 15 is 0 Å². The molecule has 0 spiro atoms. The number of carbonyl (C=O) groups is 2. The van der Waals surface area contributed by atoms with E-state index in [2.05, 4.69) is 10.3 Å². The number of rotatable bonds is 6. The molecule has 2 aromatic rings. The predicted molar refractivity (Wildman–Crippen MR) is 95.8 cm³/mol. The molecular weight excluding hydrogens is 324 g/mol. The van der Waals surface area contributed by atoms with Crippen molar-refractivity contribution in [3.05, 3.63) is 47.0 Å². The number of nitrogens with zero attached hydrogens (tertiary/aromatic N) is 2. The van der Waals surface area contributed by atoms with Crippen LogP contribution in [-0.4, -0.2) is 45.4 Å². The van der Waals surface area contributed by atoms with Crippen LogP contribution >= 0.6 is 12.2 Å². The Hall–Kier alpha value is -2.41. The minimum atomic E-state index is -0.243. The molecule has 24 heavy (non-hydrogen) atoms. The van der Waals surface area contributed by atoms with Crippen molar-refractivity contribution >= 4 is 24.0 Å². The van der Waals surface area contributed by atoms with Crippen LogP contribution in [0, 0.1) is 4.77 Å². The zero-order chi connectivity index (χ0) is 17.7. The molecule has 2 amide bonds. The second kappa shape index (κ2) is 7.92. The third-order valence-electron chi connectivity index (χ3n) is 3.46. The first-order valence-electron chi connectivity index (χ1n) is 7.88. The number of hydrogen-bond acceptors (Lipinski definition) is 3. The molecule has 0 atom stereocenters. The topological polar surface area (TPSA) is 70.1 Å². The van der Waals surface area contributed by atoms with Crippen LogP contribution in [0.15, 0.2) is 36.5 Å². The molecule has 1 heterocycles. The van der Waals surface area contributed by atoms with Gasteiger partial charge in [-0.2, -0.15) is 0 Å². The average Bonchev–Trinajstić information content (AvgIpc) is 2.93. The molecule has 0 aliphatic carbocycles. The Balaban J connectivity index is 2.29. The highest BCUT2D eigenvalue weighted by molar-refractivity contribution is 7.71. The Labute approximate surface area is 146 Å². The van der Waals surface area contributed by atoms with Gasteiger partial charge in [0.2, 0.25) is 5.91 Å². The normalized spacial score (nSPS) is 10.7. The van der Waals surface area contributed by atoms with Crippen molar-refractivity contribution in [2.75, 3.05) is 13.1 Å². The van der Waals surface area contributed by atoms with Crippen molar-refractivity contribution in [2.45, 2.75) is 26.8 Å². The Bertz CT molecular complexity index is 764. The SMILES string of the molecule is CCN(CC(=O)NC(C)C)C(=O)c1c[nH]c(=S)n1-c1ccccc1. The summed E-state index contributed by atoms with van der Waals surface area (Å²) in [6, 6.07) is 9.45. The van der Waals surface area contributed by atoms with Crippen LogP contribution < -0.4 is 5.32 Å². The molecule has 0 unspecified atom stereocenters. The number of hydrogen-bond donors (Lipinski definition) is 2. The van der Waals surface area contributed by atoms with Gasteiger partial charge >= 0.3 is 0 Å². The van der Waals surface area contributed by atoms with Crippen molar-refractivity contribution in [3.63, 3.8) is 0 Å². The van der Waals surface area contributed by atoms with Gasteiger partial charge in [0.1, 0.15) is 5.69 Å². The van der Waals surface area contributed by atoms with Gasteiger partial charge in [0.15, 0.2) is 4.77 Å². The Morgan fingerprint density at radius 3 is 2.54 bits per heavy atom. The summed E-state index contributed by atoms with van der Waals surface area (Å²) in [6.07, 6.45) is 1.58. The molecule has 2 rings (SSSR count). The van der Waals surface area contributed by atoms with E-state index in [1.54, 1.807) is 10.8 Å². The molecule has 1 aromatic heterocycles. The van der Waals surface area contributed by atoms with Gasteiger partial charge in [-0.3, -0.25) is 14.2 Å². The first-order chi connectivity index (χ1) is 11.4. The standard InChI is InChI=1S/C17H22N4O2S/c1-4-20(11-15(22)19-12(2)3)16(23)14-10-18-17(24)21(14)13-8-6-5-7-9-13/h5-10,12H,4,11H2,1-3H3,(H,18,24)(H,19,22). The smallest absolute Gasteiger partial charge is 0.272 e. The number of amides is 2. The number of H-pyrrole nitrogens is 1. The van der Waals surface area contributed by atoms with Crippen molar-refractivity contribution in [1.82, 2.24) is 19.8 Å². The van der Waals surface area contributed by atoms with E-state index < -0.39 is 0 Å². The summed E-state index contributed by atoms with van der Waals surface area (Å²) in [5, 5.41) is 2.80. The summed E-state index contributed by atoms with van der Waals surface area (Å²) in [4.78, 5) is 29.2. The van der Waals surface area contributed by atoms with E-state index in [0.717, 1.165) is 5.69 Å². The number of aromatic nitrogens is 2. The highest BCUT2D eigenvalue weighted by atomic mass is 32.1. The van der Waals surface area contributed by atoms with Gasteiger partial charge in [-0.25, -0.2) is 0 Å². The quantitative estimate of drug-likeness (QED) is 0.790. The molecular formula is C17H22N4O2S. The molecule has 6 nitrogen and oxygen atoms in total. The average molecular weight is 346 g/mol. The molecule has 0 saturated heterocycles. The van der Waals surface area contributed by atoms with E-state index in [1.807, 2.05) is 51.1 Å². The van der Waals surface area contributed by atoms with Crippen molar-refractivity contribution in [1.29, 1.82) is 0 Å². The molecule has 1 aromatic carbocycles. The van der Waals surface area contributed by atoms with E-state index in [0.29, 0.717) is 17.0 Å². The van der Waals surface area contributed by atoms with Crippen LogP contribution in [-0.2, 0) is 4.79 Å². The molecule has 0 bridgehead atoms. The number of aromatic amines is 1. The Kier molecular flexibility index (Phi) is 5.92. The lowest BCUT2D eigenvalue weighted by atomic mass is 10.3. The van der Waals surface area contributed by atoms with Crippen LogP contribution in [0.3, 0.4) is 0 Å². The highest BCUT2D eigenvalue weighted by Crippen LogP contribution is 2.14. The van der Waals surface area contributed by atoms with Crippen LogP contribution in [0.4, 0.5) is 0 Å². The number of benzene rings is 1. The summed E-state index contributed by atoms with van der Waals surface area (Å²) in [5.74, 6) is -0.423. The lowest BCUT2D eigenvalue weighted by molar-refractivity contribution is -0.122. The second-order valence-corrected chi connectivity index (χ2v) is 6.08. The minimum absolute atomic E-state index is 0.0141. The summed E-state index contributed by atoms with van der Waals surface area (Å²) in [5.41, 5.74) is 1.21. The molecule has 0 aliphatic rings. The van der Waals surface area contributed by atoms with Gasteiger partial charge in [-0.05, 0) is 45.1 Å².